The molecule has 2 N–H and O–H groups in total. The van der Waals surface area contributed by atoms with Crippen molar-refractivity contribution in [1.29, 1.82) is 0 Å². The lowest BCUT2D eigenvalue weighted by atomic mass is 9.71. The molecule has 138 valence electrons. The largest absolute Gasteiger partial charge is 0.470 e. The van der Waals surface area contributed by atoms with Crippen LogP contribution < -0.4 is 0 Å². The number of rotatable bonds is 6. The first kappa shape index (κ1) is 21.5. The molecule has 0 heterocycles. The van der Waals surface area contributed by atoms with Gasteiger partial charge in [-0.1, -0.05) is 62.0 Å². The second-order valence-electron chi connectivity index (χ2n) is 7.03. The van der Waals surface area contributed by atoms with Crippen LogP contribution in [0.2, 0.25) is 0 Å². The van der Waals surface area contributed by atoms with Gasteiger partial charge in [-0.2, -0.15) is 0 Å². The van der Waals surface area contributed by atoms with Crippen LogP contribution in [0.4, 0.5) is 0 Å². The minimum atomic E-state index is -4.71. The Labute approximate surface area is 149 Å². The molecule has 0 spiro atoms. The van der Waals surface area contributed by atoms with Crippen molar-refractivity contribution in [2.75, 3.05) is 0 Å². The Balaban J connectivity index is 3.09. The third-order valence-electron chi connectivity index (χ3n) is 4.01. The van der Waals surface area contributed by atoms with Crippen molar-refractivity contribution < 1.29 is 23.7 Å². The number of hydrogen-bond acceptors (Lipinski definition) is 3. The quantitative estimate of drug-likeness (QED) is 0.537. The second-order valence-corrected chi connectivity index (χ2v) is 8.22. The molecule has 1 unspecified atom stereocenters. The number of allylic oxidation sites excluding steroid dienone is 8. The summed E-state index contributed by atoms with van der Waals surface area (Å²) in [5.41, 5.74) is 2.84. The zero-order chi connectivity index (χ0) is 19.4. The van der Waals surface area contributed by atoms with Gasteiger partial charge in [0.2, 0.25) is 0 Å². The van der Waals surface area contributed by atoms with E-state index in [-0.39, 0.29) is 12.2 Å². The van der Waals surface area contributed by atoms with Gasteiger partial charge in [-0.25, -0.2) is 4.57 Å². The first-order valence-electron chi connectivity index (χ1n) is 8.01. The Morgan fingerprint density at radius 2 is 1.92 bits per heavy atom. The number of phosphoric ester groups is 1. The molecule has 1 aliphatic carbocycles. The van der Waals surface area contributed by atoms with Crippen molar-refractivity contribution in [3.05, 3.63) is 59.3 Å². The van der Waals surface area contributed by atoms with Gasteiger partial charge in [-0.05, 0) is 43.8 Å². The molecule has 5 nitrogen and oxygen atoms in total. The summed E-state index contributed by atoms with van der Waals surface area (Å²) in [6.45, 7) is 13.2. The van der Waals surface area contributed by atoms with E-state index in [0.717, 1.165) is 16.7 Å². The maximum absolute atomic E-state index is 12.4. The van der Waals surface area contributed by atoms with Gasteiger partial charge in [-0.15, -0.1) is 0 Å². The van der Waals surface area contributed by atoms with Crippen LogP contribution in [0.15, 0.2) is 59.3 Å². The van der Waals surface area contributed by atoms with Gasteiger partial charge in [-0.3, -0.25) is 9.32 Å². The predicted octanol–water partition coefficient (Wildman–Crippen LogP) is 4.41. The molecule has 1 atom stereocenters. The summed E-state index contributed by atoms with van der Waals surface area (Å²) in [4.78, 5) is 30.4. The highest BCUT2D eigenvalue weighted by atomic mass is 31.2. The number of carbonyl (C=O) groups is 1. The average Bonchev–Trinajstić information content (AvgIpc) is 2.42. The van der Waals surface area contributed by atoms with E-state index in [1.807, 2.05) is 58.1 Å². The molecule has 0 fully saturated rings. The van der Waals surface area contributed by atoms with Crippen LogP contribution in [-0.4, -0.2) is 21.7 Å². The standard InChI is InChI=1S/C19H27O5P/c1-13(2)8-7-9-14(3)10-11-16-15(4)18(20)17(12-19(16,5)6)24-25(21,22)23/h7-11,17H,1,12H2,2-6H3,(H2,21,22,23)/b8-7+,11-10+,14-9+. The molecule has 0 radical (unpaired) electrons. The molecule has 25 heavy (non-hydrogen) atoms. The Morgan fingerprint density at radius 3 is 2.44 bits per heavy atom. The van der Waals surface area contributed by atoms with Crippen LogP contribution in [0.25, 0.3) is 0 Å². The molecule has 0 aromatic rings. The third-order valence-corrected chi connectivity index (χ3v) is 4.54. The lowest BCUT2D eigenvalue weighted by Gasteiger charge is -2.36. The number of phosphoric acid groups is 1. The SMILES string of the molecule is C=C(C)/C=C/C=C(C)/C=C/C1=C(C)C(=O)C(OP(=O)(O)O)CC1(C)C. The van der Waals surface area contributed by atoms with E-state index in [2.05, 4.69) is 11.1 Å². The number of Topliss-reactive ketones (excluding diaryl/α,β-unsaturated/α-hetero) is 1. The Kier molecular flexibility index (Phi) is 7.09. The van der Waals surface area contributed by atoms with E-state index >= 15 is 0 Å². The minimum Gasteiger partial charge on any atom is -0.303 e. The third kappa shape index (κ3) is 6.71. The Hall–Kier alpha value is -1.52. The summed E-state index contributed by atoms with van der Waals surface area (Å²) in [5, 5.41) is 0. The summed E-state index contributed by atoms with van der Waals surface area (Å²) in [6.07, 6.45) is 8.65. The van der Waals surface area contributed by atoms with E-state index in [1.54, 1.807) is 6.92 Å². The lowest BCUT2D eigenvalue weighted by molar-refractivity contribution is -0.125. The summed E-state index contributed by atoms with van der Waals surface area (Å²) in [6, 6.07) is 0. The fourth-order valence-electron chi connectivity index (χ4n) is 2.78. The van der Waals surface area contributed by atoms with Crippen molar-refractivity contribution in [1.82, 2.24) is 0 Å². The number of ketones is 1. The highest BCUT2D eigenvalue weighted by molar-refractivity contribution is 7.46. The van der Waals surface area contributed by atoms with Gasteiger partial charge < -0.3 is 9.79 Å². The summed E-state index contributed by atoms with van der Waals surface area (Å²) < 4.78 is 15.8. The lowest BCUT2D eigenvalue weighted by Crippen LogP contribution is -2.37. The smallest absolute Gasteiger partial charge is 0.303 e. The van der Waals surface area contributed by atoms with Gasteiger partial charge >= 0.3 is 7.82 Å². The van der Waals surface area contributed by atoms with E-state index in [4.69, 9.17) is 9.79 Å². The van der Waals surface area contributed by atoms with Crippen LogP contribution in [0, 0.1) is 5.41 Å². The van der Waals surface area contributed by atoms with Gasteiger partial charge in [0.05, 0.1) is 0 Å². The van der Waals surface area contributed by atoms with Crippen LogP contribution in [0.1, 0.15) is 41.0 Å². The van der Waals surface area contributed by atoms with Gasteiger partial charge in [0.1, 0.15) is 6.10 Å². The summed E-state index contributed by atoms with van der Waals surface area (Å²) in [5.74, 6) is -0.383. The molecule has 1 aliphatic rings. The summed E-state index contributed by atoms with van der Waals surface area (Å²) in [7, 11) is -4.71. The van der Waals surface area contributed by atoms with E-state index in [9.17, 15) is 9.36 Å². The zero-order valence-electron chi connectivity index (χ0n) is 15.4. The van der Waals surface area contributed by atoms with Gasteiger partial charge in [0.15, 0.2) is 5.78 Å². The minimum absolute atomic E-state index is 0.215. The molecular weight excluding hydrogens is 339 g/mol. The average molecular weight is 366 g/mol. The summed E-state index contributed by atoms with van der Waals surface area (Å²) >= 11 is 0. The molecule has 1 rings (SSSR count). The second kappa shape index (κ2) is 8.24. The fourth-order valence-corrected chi connectivity index (χ4v) is 3.29. The van der Waals surface area contributed by atoms with Gasteiger partial charge in [0.25, 0.3) is 0 Å². The topological polar surface area (TPSA) is 83.8 Å². The van der Waals surface area contributed by atoms with Crippen molar-refractivity contribution in [3.63, 3.8) is 0 Å². The van der Waals surface area contributed by atoms with Crippen molar-refractivity contribution >= 4 is 13.6 Å². The van der Waals surface area contributed by atoms with Crippen LogP contribution >= 0.6 is 7.82 Å². The molecule has 0 aromatic heterocycles. The maximum atomic E-state index is 12.4. The molecule has 0 aromatic carbocycles. The first-order chi connectivity index (χ1) is 11.3. The van der Waals surface area contributed by atoms with Crippen LogP contribution in [-0.2, 0) is 13.9 Å². The Bertz CT molecular complexity index is 716. The van der Waals surface area contributed by atoms with Crippen LogP contribution in [0.3, 0.4) is 0 Å². The zero-order valence-corrected chi connectivity index (χ0v) is 16.3. The molecular formula is C19H27O5P. The fraction of sp³-hybridized carbons (Fsp3) is 0.421. The van der Waals surface area contributed by atoms with E-state index < -0.39 is 19.3 Å². The molecule has 0 saturated carbocycles. The molecule has 0 bridgehead atoms. The highest BCUT2D eigenvalue weighted by Crippen LogP contribution is 2.46. The van der Waals surface area contributed by atoms with Crippen LogP contribution in [0.5, 0.6) is 0 Å². The normalized spacial score (nSPS) is 22.3. The molecule has 0 aliphatic heterocycles. The van der Waals surface area contributed by atoms with Crippen molar-refractivity contribution in [3.8, 4) is 0 Å². The molecule has 0 amide bonds. The van der Waals surface area contributed by atoms with E-state index in [1.165, 1.54) is 0 Å². The maximum Gasteiger partial charge on any atom is 0.470 e. The van der Waals surface area contributed by atoms with Crippen molar-refractivity contribution in [2.45, 2.75) is 47.1 Å². The van der Waals surface area contributed by atoms with Crippen molar-refractivity contribution in [2.24, 2.45) is 5.41 Å². The monoisotopic (exact) mass is 366 g/mol. The molecule has 0 saturated heterocycles. The Morgan fingerprint density at radius 1 is 1.32 bits per heavy atom. The molecule has 6 heteroatoms. The predicted molar refractivity (Wildman–Crippen MR) is 99.9 cm³/mol. The first-order valence-corrected chi connectivity index (χ1v) is 9.54. The van der Waals surface area contributed by atoms with E-state index in [0.29, 0.717) is 5.57 Å². The number of hydrogen-bond donors (Lipinski definition) is 2. The van der Waals surface area contributed by atoms with Gasteiger partial charge in [0, 0.05) is 0 Å². The number of carbonyl (C=O) groups excluding carboxylic acids is 1. The highest BCUT2D eigenvalue weighted by Gasteiger charge is 2.41.